The summed E-state index contributed by atoms with van der Waals surface area (Å²) in [4.78, 5) is 24.0. The number of carbonyl (C=O) groups is 2. The highest BCUT2D eigenvalue weighted by atomic mass is 16.6. The van der Waals surface area contributed by atoms with Gasteiger partial charge in [-0.25, -0.2) is 0 Å². The second-order valence-corrected chi connectivity index (χ2v) is 7.51. The molecule has 3 aliphatic rings. The molecule has 0 heterocycles. The van der Waals surface area contributed by atoms with Crippen LogP contribution in [-0.4, -0.2) is 30.7 Å². The van der Waals surface area contributed by atoms with Crippen molar-refractivity contribution in [1.82, 2.24) is 0 Å². The summed E-state index contributed by atoms with van der Waals surface area (Å²) in [7, 11) is 0. The molecule has 0 saturated heterocycles. The number of hydrogen-bond donors (Lipinski definition) is 1. The van der Waals surface area contributed by atoms with Gasteiger partial charge >= 0.3 is 11.9 Å². The Hall–Kier alpha value is -1.36. The van der Waals surface area contributed by atoms with Gasteiger partial charge in [0.1, 0.15) is 5.60 Å². The predicted octanol–water partition coefficient (Wildman–Crippen LogP) is 2.34. The summed E-state index contributed by atoms with van der Waals surface area (Å²) in [6, 6.07) is 0. The van der Waals surface area contributed by atoms with Gasteiger partial charge in [-0.1, -0.05) is 11.6 Å². The summed E-state index contributed by atoms with van der Waals surface area (Å²) >= 11 is 0. The van der Waals surface area contributed by atoms with Crippen molar-refractivity contribution in [3.8, 4) is 0 Å². The van der Waals surface area contributed by atoms with E-state index in [0.29, 0.717) is 31.4 Å². The minimum Gasteiger partial charge on any atom is -0.465 e. The Labute approximate surface area is 137 Å². The van der Waals surface area contributed by atoms with E-state index in [0.717, 1.165) is 32.1 Å². The van der Waals surface area contributed by atoms with Gasteiger partial charge in [0.2, 0.25) is 0 Å². The molecule has 2 saturated carbocycles. The summed E-state index contributed by atoms with van der Waals surface area (Å²) in [5.74, 6) is 0.327. The normalized spacial score (nSPS) is 38.0. The van der Waals surface area contributed by atoms with Crippen LogP contribution in [0.25, 0.3) is 0 Å². The summed E-state index contributed by atoms with van der Waals surface area (Å²) in [5, 5.41) is 0. The lowest BCUT2D eigenvalue weighted by Gasteiger charge is -2.52. The lowest BCUT2D eigenvalue weighted by Crippen LogP contribution is -2.54. The topological polar surface area (TPSA) is 78.6 Å². The first kappa shape index (κ1) is 16.5. The van der Waals surface area contributed by atoms with Crippen LogP contribution in [0, 0.1) is 17.3 Å². The van der Waals surface area contributed by atoms with E-state index >= 15 is 0 Å². The van der Waals surface area contributed by atoms with Crippen molar-refractivity contribution in [3.05, 3.63) is 11.6 Å². The highest BCUT2D eigenvalue weighted by Crippen LogP contribution is 2.63. The molecule has 128 valence electrons. The third kappa shape index (κ3) is 2.69. The molecule has 23 heavy (non-hydrogen) atoms. The van der Waals surface area contributed by atoms with Crippen molar-refractivity contribution >= 4 is 11.9 Å². The van der Waals surface area contributed by atoms with Crippen LogP contribution in [0.1, 0.15) is 52.4 Å². The molecule has 0 amide bonds. The third-order valence-corrected chi connectivity index (χ3v) is 5.91. The molecule has 0 aromatic carbocycles. The van der Waals surface area contributed by atoms with Gasteiger partial charge in [0.05, 0.1) is 12.0 Å². The van der Waals surface area contributed by atoms with E-state index in [1.165, 1.54) is 12.5 Å². The SMILES string of the molecule is CC(=O)OC12CC3=CC(C)(C(=O)OCCCN)CCC1CCC32. The Morgan fingerprint density at radius 1 is 1.35 bits per heavy atom. The van der Waals surface area contributed by atoms with Crippen molar-refractivity contribution in [1.29, 1.82) is 0 Å². The van der Waals surface area contributed by atoms with E-state index in [9.17, 15) is 9.59 Å². The van der Waals surface area contributed by atoms with E-state index in [-0.39, 0.29) is 17.5 Å². The van der Waals surface area contributed by atoms with Crippen LogP contribution in [-0.2, 0) is 19.1 Å². The second kappa shape index (κ2) is 5.93. The lowest BCUT2D eigenvalue weighted by atomic mass is 9.59. The zero-order valence-electron chi connectivity index (χ0n) is 14.1. The number of rotatable bonds is 5. The van der Waals surface area contributed by atoms with Crippen molar-refractivity contribution < 1.29 is 19.1 Å². The summed E-state index contributed by atoms with van der Waals surface area (Å²) < 4.78 is 11.2. The largest absolute Gasteiger partial charge is 0.465 e. The molecule has 4 unspecified atom stereocenters. The molecule has 0 aliphatic heterocycles. The molecular weight excluding hydrogens is 294 g/mol. The van der Waals surface area contributed by atoms with Crippen molar-refractivity contribution in [2.24, 2.45) is 23.0 Å². The molecule has 2 N–H and O–H groups in total. The minimum absolute atomic E-state index is 0.148. The quantitative estimate of drug-likeness (QED) is 0.478. The summed E-state index contributed by atoms with van der Waals surface area (Å²) in [5.41, 5.74) is 5.87. The molecule has 2 bridgehead atoms. The number of fused-ring (bicyclic) bond motifs is 2. The van der Waals surface area contributed by atoms with Gasteiger partial charge in [0, 0.05) is 19.3 Å². The maximum atomic E-state index is 12.5. The highest BCUT2D eigenvalue weighted by Gasteiger charge is 2.63. The van der Waals surface area contributed by atoms with Gasteiger partial charge < -0.3 is 15.2 Å². The van der Waals surface area contributed by atoms with E-state index in [2.05, 4.69) is 6.08 Å². The number of hydrogen-bond acceptors (Lipinski definition) is 5. The first-order valence-corrected chi connectivity index (χ1v) is 8.70. The molecule has 0 aromatic heterocycles. The molecule has 0 radical (unpaired) electrons. The number of carbonyl (C=O) groups excluding carboxylic acids is 2. The second-order valence-electron chi connectivity index (χ2n) is 7.51. The predicted molar refractivity (Wildman–Crippen MR) is 85.4 cm³/mol. The van der Waals surface area contributed by atoms with Gasteiger partial charge in [0.15, 0.2) is 0 Å². The molecule has 2 fully saturated rings. The number of nitrogens with two attached hydrogens (primary N) is 1. The van der Waals surface area contributed by atoms with E-state index < -0.39 is 5.41 Å². The standard InChI is InChI=1S/C18H27NO4/c1-12(20)23-18-11-13-10-17(2,16(21)22-9-3-8-19)7-6-14(18)4-5-15(13)18/h10,14-15H,3-9,11,19H2,1-2H3. The molecule has 5 nitrogen and oxygen atoms in total. The fourth-order valence-corrected chi connectivity index (χ4v) is 4.75. The zero-order valence-corrected chi connectivity index (χ0v) is 14.1. The summed E-state index contributed by atoms with van der Waals surface area (Å²) in [6.07, 6.45) is 7.36. The Morgan fingerprint density at radius 3 is 2.83 bits per heavy atom. The smallest absolute Gasteiger partial charge is 0.315 e. The lowest BCUT2D eigenvalue weighted by molar-refractivity contribution is -0.176. The van der Waals surface area contributed by atoms with Crippen LogP contribution in [0.2, 0.25) is 0 Å². The molecule has 5 heteroatoms. The van der Waals surface area contributed by atoms with Crippen LogP contribution in [0.4, 0.5) is 0 Å². The van der Waals surface area contributed by atoms with E-state index in [4.69, 9.17) is 15.2 Å². The fourth-order valence-electron chi connectivity index (χ4n) is 4.75. The Morgan fingerprint density at radius 2 is 2.13 bits per heavy atom. The maximum Gasteiger partial charge on any atom is 0.315 e. The zero-order chi connectivity index (χ0) is 16.7. The van der Waals surface area contributed by atoms with Crippen LogP contribution >= 0.6 is 0 Å². The van der Waals surface area contributed by atoms with Gasteiger partial charge in [-0.05, 0) is 51.5 Å². The third-order valence-electron chi connectivity index (χ3n) is 5.91. The van der Waals surface area contributed by atoms with Gasteiger partial charge in [-0.2, -0.15) is 0 Å². The van der Waals surface area contributed by atoms with Crippen LogP contribution < -0.4 is 5.73 Å². The minimum atomic E-state index is -0.562. The van der Waals surface area contributed by atoms with Crippen LogP contribution in [0.5, 0.6) is 0 Å². The molecular formula is C18H27NO4. The van der Waals surface area contributed by atoms with Gasteiger partial charge in [-0.15, -0.1) is 0 Å². The van der Waals surface area contributed by atoms with E-state index in [1.54, 1.807) is 0 Å². The average Bonchev–Trinajstić information content (AvgIpc) is 2.76. The average molecular weight is 321 g/mol. The molecule has 0 spiro atoms. The number of esters is 2. The van der Waals surface area contributed by atoms with E-state index in [1.807, 2.05) is 6.92 Å². The molecule has 0 aromatic rings. The number of ether oxygens (including phenoxy) is 2. The first-order valence-electron chi connectivity index (χ1n) is 8.70. The summed E-state index contributed by atoms with van der Waals surface area (Å²) in [6.45, 7) is 4.38. The first-order chi connectivity index (χ1) is 10.9. The van der Waals surface area contributed by atoms with Crippen LogP contribution in [0.3, 0.4) is 0 Å². The molecule has 3 rings (SSSR count). The Bertz CT molecular complexity index is 543. The van der Waals surface area contributed by atoms with Crippen molar-refractivity contribution in [2.75, 3.05) is 13.2 Å². The van der Waals surface area contributed by atoms with Gasteiger partial charge in [0.25, 0.3) is 0 Å². The molecule has 3 aliphatic carbocycles. The Balaban J connectivity index is 1.78. The highest BCUT2D eigenvalue weighted by molar-refractivity contribution is 5.79. The Kier molecular flexibility index (Phi) is 4.25. The maximum absolute atomic E-state index is 12.5. The van der Waals surface area contributed by atoms with Crippen LogP contribution in [0.15, 0.2) is 11.6 Å². The fraction of sp³-hybridized carbons (Fsp3) is 0.778. The van der Waals surface area contributed by atoms with Crippen molar-refractivity contribution in [3.63, 3.8) is 0 Å². The monoisotopic (exact) mass is 321 g/mol. The molecule has 4 atom stereocenters. The van der Waals surface area contributed by atoms with Crippen molar-refractivity contribution in [2.45, 2.75) is 58.0 Å². The van der Waals surface area contributed by atoms with Gasteiger partial charge in [-0.3, -0.25) is 9.59 Å².